The van der Waals surface area contributed by atoms with E-state index < -0.39 is 0 Å². The van der Waals surface area contributed by atoms with Crippen LogP contribution in [-0.4, -0.2) is 21.0 Å². The van der Waals surface area contributed by atoms with Crippen molar-refractivity contribution in [2.24, 2.45) is 0 Å². The van der Waals surface area contributed by atoms with Crippen molar-refractivity contribution in [2.75, 3.05) is 5.32 Å². The minimum atomic E-state index is -0.214. The summed E-state index contributed by atoms with van der Waals surface area (Å²) in [5.74, 6) is 0.694. The summed E-state index contributed by atoms with van der Waals surface area (Å²) in [6.07, 6.45) is 6.83. The van der Waals surface area contributed by atoms with Gasteiger partial charge in [0.15, 0.2) is 0 Å². The Morgan fingerprint density at radius 1 is 0.929 bits per heavy atom. The minimum Gasteiger partial charge on any atom is -0.334 e. The molecule has 6 heteroatoms. The molecule has 28 heavy (non-hydrogen) atoms. The normalized spacial score (nSPS) is 10.9. The standard InChI is InChI=1S/C22H16N4O2/c27-22(18-7-4-14-23-15-18)24-19-11-9-17(10-12-19)21-25-20(28-26-21)13-8-16-5-2-1-3-6-16/h1-15H,(H,24,27)/b13-8+. The molecule has 0 aliphatic carbocycles. The van der Waals surface area contributed by atoms with Gasteiger partial charge in [-0.1, -0.05) is 35.5 Å². The number of nitrogens with zero attached hydrogens (tertiary/aromatic N) is 3. The quantitative estimate of drug-likeness (QED) is 0.559. The van der Waals surface area contributed by atoms with Crippen LogP contribution in [0.15, 0.2) is 83.6 Å². The fraction of sp³-hybridized carbons (Fsp3) is 0. The van der Waals surface area contributed by atoms with Crippen molar-refractivity contribution in [1.82, 2.24) is 15.1 Å². The van der Waals surface area contributed by atoms with E-state index in [4.69, 9.17) is 4.52 Å². The number of carbonyl (C=O) groups is 1. The van der Waals surface area contributed by atoms with Gasteiger partial charge in [0.25, 0.3) is 11.8 Å². The summed E-state index contributed by atoms with van der Waals surface area (Å²) >= 11 is 0. The SMILES string of the molecule is O=C(Nc1ccc(-c2noc(/C=C/c3ccccc3)n2)cc1)c1cccnc1. The summed E-state index contributed by atoms with van der Waals surface area (Å²) in [5, 5.41) is 6.83. The number of hydrogen-bond acceptors (Lipinski definition) is 5. The van der Waals surface area contributed by atoms with E-state index in [1.807, 2.05) is 48.5 Å². The highest BCUT2D eigenvalue weighted by atomic mass is 16.5. The van der Waals surface area contributed by atoms with Crippen molar-refractivity contribution in [3.63, 3.8) is 0 Å². The molecule has 0 fully saturated rings. The van der Waals surface area contributed by atoms with Gasteiger partial charge < -0.3 is 9.84 Å². The first-order chi connectivity index (χ1) is 13.8. The van der Waals surface area contributed by atoms with E-state index in [1.165, 1.54) is 6.20 Å². The van der Waals surface area contributed by atoms with Gasteiger partial charge in [-0.15, -0.1) is 0 Å². The van der Waals surface area contributed by atoms with Gasteiger partial charge in [0.05, 0.1) is 5.56 Å². The molecule has 0 atom stereocenters. The van der Waals surface area contributed by atoms with E-state index in [0.717, 1.165) is 11.1 Å². The number of benzene rings is 2. The number of pyridine rings is 1. The Morgan fingerprint density at radius 2 is 1.75 bits per heavy atom. The van der Waals surface area contributed by atoms with Crippen LogP contribution in [0.2, 0.25) is 0 Å². The van der Waals surface area contributed by atoms with E-state index in [1.54, 1.807) is 36.5 Å². The second-order valence-electron chi connectivity index (χ2n) is 5.97. The van der Waals surface area contributed by atoms with E-state index in [-0.39, 0.29) is 5.91 Å². The first-order valence-electron chi connectivity index (χ1n) is 8.66. The monoisotopic (exact) mass is 368 g/mol. The number of rotatable bonds is 5. The average molecular weight is 368 g/mol. The number of anilines is 1. The zero-order chi connectivity index (χ0) is 19.2. The lowest BCUT2D eigenvalue weighted by Gasteiger charge is -2.05. The van der Waals surface area contributed by atoms with Gasteiger partial charge in [0.1, 0.15) is 0 Å². The van der Waals surface area contributed by atoms with Gasteiger partial charge in [-0.2, -0.15) is 4.98 Å². The van der Waals surface area contributed by atoms with Crippen LogP contribution in [0.4, 0.5) is 5.69 Å². The Balaban J connectivity index is 1.44. The molecule has 0 radical (unpaired) electrons. The molecule has 0 spiro atoms. The number of nitrogens with one attached hydrogen (secondary N) is 1. The first-order valence-corrected chi connectivity index (χ1v) is 8.66. The second-order valence-corrected chi connectivity index (χ2v) is 5.97. The Labute approximate surface area is 161 Å². The molecule has 0 aliphatic heterocycles. The molecule has 4 aromatic rings. The Kier molecular flexibility index (Phi) is 5.02. The van der Waals surface area contributed by atoms with Crippen molar-refractivity contribution in [2.45, 2.75) is 0 Å². The lowest BCUT2D eigenvalue weighted by Crippen LogP contribution is -2.11. The summed E-state index contributed by atoms with van der Waals surface area (Å²) in [7, 11) is 0. The molecule has 0 bridgehead atoms. The number of carbonyl (C=O) groups excluding carboxylic acids is 1. The molecule has 6 nitrogen and oxygen atoms in total. The van der Waals surface area contributed by atoms with Crippen molar-refractivity contribution >= 4 is 23.7 Å². The molecule has 2 aromatic carbocycles. The van der Waals surface area contributed by atoms with Gasteiger partial charge in [-0.05, 0) is 48.0 Å². The van der Waals surface area contributed by atoms with Crippen LogP contribution in [0.1, 0.15) is 21.8 Å². The number of amides is 1. The largest absolute Gasteiger partial charge is 0.334 e. The van der Waals surface area contributed by atoms with Crippen LogP contribution in [0, 0.1) is 0 Å². The maximum absolute atomic E-state index is 12.2. The molecule has 1 amide bonds. The van der Waals surface area contributed by atoms with Crippen molar-refractivity contribution < 1.29 is 9.32 Å². The Hall–Kier alpha value is -4.06. The summed E-state index contributed by atoms with van der Waals surface area (Å²) in [5.41, 5.74) is 3.02. The molecule has 0 saturated heterocycles. The predicted molar refractivity (Wildman–Crippen MR) is 107 cm³/mol. The summed E-state index contributed by atoms with van der Waals surface area (Å²) in [6, 6.07) is 20.5. The van der Waals surface area contributed by atoms with Crippen molar-refractivity contribution in [1.29, 1.82) is 0 Å². The van der Waals surface area contributed by atoms with Gasteiger partial charge in [0, 0.05) is 29.7 Å². The lowest BCUT2D eigenvalue weighted by molar-refractivity contribution is 0.102. The average Bonchev–Trinajstić information content (AvgIpc) is 3.23. The summed E-state index contributed by atoms with van der Waals surface area (Å²) in [4.78, 5) is 20.5. The maximum atomic E-state index is 12.2. The maximum Gasteiger partial charge on any atom is 0.257 e. The van der Waals surface area contributed by atoms with E-state index in [9.17, 15) is 4.79 Å². The summed E-state index contributed by atoms with van der Waals surface area (Å²) < 4.78 is 5.27. The van der Waals surface area contributed by atoms with Crippen molar-refractivity contribution in [3.05, 3.63) is 96.1 Å². The molecular formula is C22H16N4O2. The van der Waals surface area contributed by atoms with Crippen LogP contribution in [0.3, 0.4) is 0 Å². The topological polar surface area (TPSA) is 80.9 Å². The molecular weight excluding hydrogens is 352 g/mol. The molecule has 136 valence electrons. The molecule has 2 heterocycles. The van der Waals surface area contributed by atoms with Crippen LogP contribution in [-0.2, 0) is 0 Å². The van der Waals surface area contributed by atoms with Crippen LogP contribution in [0.5, 0.6) is 0 Å². The van der Waals surface area contributed by atoms with E-state index in [2.05, 4.69) is 20.4 Å². The van der Waals surface area contributed by atoms with Gasteiger partial charge >= 0.3 is 0 Å². The number of hydrogen-bond donors (Lipinski definition) is 1. The third kappa shape index (κ3) is 4.19. The van der Waals surface area contributed by atoms with Crippen LogP contribution < -0.4 is 5.32 Å². The zero-order valence-electron chi connectivity index (χ0n) is 14.8. The fourth-order valence-corrected chi connectivity index (χ4v) is 2.55. The fourth-order valence-electron chi connectivity index (χ4n) is 2.55. The molecule has 0 saturated carbocycles. The van der Waals surface area contributed by atoms with Gasteiger partial charge in [-0.3, -0.25) is 9.78 Å². The predicted octanol–water partition coefficient (Wildman–Crippen LogP) is 4.55. The third-order valence-electron chi connectivity index (χ3n) is 3.98. The van der Waals surface area contributed by atoms with Crippen LogP contribution in [0.25, 0.3) is 23.5 Å². The first kappa shape index (κ1) is 17.4. The highest BCUT2D eigenvalue weighted by Gasteiger charge is 2.09. The van der Waals surface area contributed by atoms with E-state index in [0.29, 0.717) is 23.0 Å². The van der Waals surface area contributed by atoms with Gasteiger partial charge in [-0.25, -0.2) is 0 Å². The highest BCUT2D eigenvalue weighted by molar-refractivity contribution is 6.04. The molecule has 1 N–H and O–H groups in total. The lowest BCUT2D eigenvalue weighted by atomic mass is 10.2. The molecule has 0 aliphatic rings. The van der Waals surface area contributed by atoms with Crippen molar-refractivity contribution in [3.8, 4) is 11.4 Å². The Morgan fingerprint density at radius 3 is 2.50 bits per heavy atom. The minimum absolute atomic E-state index is 0.214. The second kappa shape index (κ2) is 8.09. The third-order valence-corrected chi connectivity index (χ3v) is 3.98. The Bertz CT molecular complexity index is 1090. The molecule has 2 aromatic heterocycles. The van der Waals surface area contributed by atoms with Crippen LogP contribution >= 0.6 is 0 Å². The smallest absolute Gasteiger partial charge is 0.257 e. The number of aromatic nitrogens is 3. The van der Waals surface area contributed by atoms with E-state index >= 15 is 0 Å². The van der Waals surface area contributed by atoms with Gasteiger partial charge in [0.2, 0.25) is 5.82 Å². The molecule has 0 unspecified atom stereocenters. The molecule has 4 rings (SSSR count). The highest BCUT2D eigenvalue weighted by Crippen LogP contribution is 2.20. The summed E-state index contributed by atoms with van der Waals surface area (Å²) in [6.45, 7) is 0. The zero-order valence-corrected chi connectivity index (χ0v) is 14.8.